The van der Waals surface area contributed by atoms with Crippen molar-refractivity contribution in [2.45, 2.75) is 27.0 Å². The highest BCUT2D eigenvalue weighted by Crippen LogP contribution is 2.26. The van der Waals surface area contributed by atoms with Crippen LogP contribution in [0.4, 0.5) is 14.5 Å². The van der Waals surface area contributed by atoms with E-state index in [1.807, 2.05) is 32.0 Å². The fraction of sp³-hybridized carbons (Fsp3) is 0.250. The van der Waals surface area contributed by atoms with Gasteiger partial charge >= 0.3 is 6.61 Å². The number of aryl methyl sites for hydroxylation is 2. The first-order valence-electron chi connectivity index (χ1n) is 6.50. The number of alkyl halides is 2. The molecule has 5 heteroatoms. The van der Waals surface area contributed by atoms with Gasteiger partial charge in [0.05, 0.1) is 0 Å². The lowest BCUT2D eigenvalue weighted by molar-refractivity contribution is -0.0504. The van der Waals surface area contributed by atoms with Crippen molar-refractivity contribution >= 4 is 21.6 Å². The van der Waals surface area contributed by atoms with Crippen LogP contribution in [0.3, 0.4) is 0 Å². The molecule has 0 radical (unpaired) electrons. The molecule has 0 spiro atoms. The molecule has 0 fully saturated rings. The fourth-order valence-electron chi connectivity index (χ4n) is 2.01. The summed E-state index contributed by atoms with van der Waals surface area (Å²) in [5.74, 6) is 0.186. The summed E-state index contributed by atoms with van der Waals surface area (Å²) in [5.41, 5.74) is 3.90. The number of hydrogen-bond donors (Lipinski definition) is 1. The number of anilines is 1. The van der Waals surface area contributed by atoms with Gasteiger partial charge in [-0.05, 0) is 49.2 Å². The van der Waals surface area contributed by atoms with Gasteiger partial charge in [0.2, 0.25) is 0 Å². The second kappa shape index (κ2) is 6.89. The first-order chi connectivity index (χ1) is 9.95. The molecule has 0 aliphatic carbocycles. The van der Waals surface area contributed by atoms with Crippen LogP contribution in [0.25, 0.3) is 0 Å². The monoisotopic (exact) mass is 355 g/mol. The van der Waals surface area contributed by atoms with Gasteiger partial charge in [0.15, 0.2) is 0 Å². The van der Waals surface area contributed by atoms with Crippen LogP contribution >= 0.6 is 15.9 Å². The standard InChI is InChI=1S/C16H16BrF2NO/c1-10-3-4-11(2)14(7-10)20-9-12-8-13(17)5-6-15(12)21-16(18)19/h3-8,16,20H,9H2,1-2H3. The van der Waals surface area contributed by atoms with E-state index >= 15 is 0 Å². The van der Waals surface area contributed by atoms with Crippen LogP contribution in [0, 0.1) is 13.8 Å². The van der Waals surface area contributed by atoms with Crippen molar-refractivity contribution in [3.05, 3.63) is 57.6 Å². The number of nitrogens with one attached hydrogen (secondary N) is 1. The summed E-state index contributed by atoms with van der Waals surface area (Å²) in [5, 5.41) is 3.27. The van der Waals surface area contributed by atoms with Gasteiger partial charge < -0.3 is 10.1 Å². The molecule has 1 N–H and O–H groups in total. The summed E-state index contributed by atoms with van der Waals surface area (Å²) < 4.78 is 30.2. The van der Waals surface area contributed by atoms with Crippen molar-refractivity contribution in [2.24, 2.45) is 0 Å². The molecule has 0 saturated heterocycles. The third kappa shape index (κ3) is 4.43. The molecule has 0 aromatic heterocycles. The Morgan fingerprint density at radius 3 is 2.62 bits per heavy atom. The Morgan fingerprint density at radius 2 is 1.90 bits per heavy atom. The topological polar surface area (TPSA) is 21.3 Å². The predicted molar refractivity (Wildman–Crippen MR) is 84.0 cm³/mol. The highest BCUT2D eigenvalue weighted by atomic mass is 79.9. The minimum absolute atomic E-state index is 0.186. The number of hydrogen-bond acceptors (Lipinski definition) is 2. The van der Waals surface area contributed by atoms with E-state index in [0.29, 0.717) is 12.1 Å². The molecular formula is C16H16BrF2NO. The zero-order valence-electron chi connectivity index (χ0n) is 11.8. The minimum atomic E-state index is -2.83. The molecule has 21 heavy (non-hydrogen) atoms. The van der Waals surface area contributed by atoms with Crippen LogP contribution in [-0.2, 0) is 6.54 Å². The molecule has 0 aliphatic heterocycles. The number of halogens is 3. The van der Waals surface area contributed by atoms with E-state index in [-0.39, 0.29) is 5.75 Å². The third-order valence-corrected chi connectivity index (χ3v) is 3.59. The maximum absolute atomic E-state index is 12.4. The zero-order valence-corrected chi connectivity index (χ0v) is 13.4. The molecule has 2 aromatic carbocycles. The van der Waals surface area contributed by atoms with Gasteiger partial charge in [0, 0.05) is 22.3 Å². The van der Waals surface area contributed by atoms with E-state index < -0.39 is 6.61 Å². The van der Waals surface area contributed by atoms with Crippen molar-refractivity contribution in [3.63, 3.8) is 0 Å². The molecule has 112 valence electrons. The van der Waals surface area contributed by atoms with Gasteiger partial charge in [-0.3, -0.25) is 0 Å². The van der Waals surface area contributed by atoms with Crippen molar-refractivity contribution in [1.82, 2.24) is 0 Å². The summed E-state index contributed by atoms with van der Waals surface area (Å²) in [4.78, 5) is 0. The second-order valence-electron chi connectivity index (χ2n) is 4.80. The van der Waals surface area contributed by atoms with Gasteiger partial charge in [0.25, 0.3) is 0 Å². The zero-order chi connectivity index (χ0) is 15.4. The Bertz CT molecular complexity index is 632. The Hall–Kier alpha value is -1.62. The molecule has 0 atom stereocenters. The minimum Gasteiger partial charge on any atom is -0.434 e. The Balaban J connectivity index is 2.18. The maximum Gasteiger partial charge on any atom is 0.387 e. The SMILES string of the molecule is Cc1ccc(C)c(NCc2cc(Br)ccc2OC(F)F)c1. The van der Waals surface area contributed by atoms with Crippen LogP contribution in [-0.4, -0.2) is 6.61 Å². The Kier molecular flexibility index (Phi) is 5.17. The lowest BCUT2D eigenvalue weighted by atomic mass is 10.1. The summed E-state index contributed by atoms with van der Waals surface area (Å²) >= 11 is 3.34. The van der Waals surface area contributed by atoms with Gasteiger partial charge in [-0.2, -0.15) is 8.78 Å². The first kappa shape index (κ1) is 15.8. The van der Waals surface area contributed by atoms with Crippen LogP contribution in [0.5, 0.6) is 5.75 Å². The molecule has 2 nitrogen and oxygen atoms in total. The van der Waals surface area contributed by atoms with Crippen molar-refractivity contribution in [2.75, 3.05) is 5.32 Å². The fourth-order valence-corrected chi connectivity index (χ4v) is 2.42. The highest BCUT2D eigenvalue weighted by molar-refractivity contribution is 9.10. The van der Waals surface area contributed by atoms with E-state index in [1.54, 1.807) is 12.1 Å². The average molecular weight is 356 g/mol. The average Bonchev–Trinajstić information content (AvgIpc) is 2.42. The van der Waals surface area contributed by atoms with Crippen LogP contribution in [0.1, 0.15) is 16.7 Å². The van der Waals surface area contributed by atoms with E-state index in [4.69, 9.17) is 0 Å². The molecule has 0 bridgehead atoms. The normalized spacial score (nSPS) is 10.8. The lowest BCUT2D eigenvalue weighted by Crippen LogP contribution is -2.08. The smallest absolute Gasteiger partial charge is 0.387 e. The van der Waals surface area contributed by atoms with Gasteiger partial charge in [-0.15, -0.1) is 0 Å². The summed E-state index contributed by atoms with van der Waals surface area (Å²) in [6.07, 6.45) is 0. The first-order valence-corrected chi connectivity index (χ1v) is 7.29. The van der Waals surface area contributed by atoms with Crippen molar-refractivity contribution < 1.29 is 13.5 Å². The van der Waals surface area contributed by atoms with Gasteiger partial charge in [-0.25, -0.2) is 0 Å². The largest absolute Gasteiger partial charge is 0.434 e. The number of benzene rings is 2. The molecule has 0 saturated carbocycles. The third-order valence-electron chi connectivity index (χ3n) is 3.10. The Labute approximate surface area is 131 Å². The van der Waals surface area contributed by atoms with Gasteiger partial charge in [0.1, 0.15) is 5.75 Å². The molecule has 0 amide bonds. The van der Waals surface area contributed by atoms with Crippen LogP contribution in [0.15, 0.2) is 40.9 Å². The van der Waals surface area contributed by atoms with E-state index in [1.165, 1.54) is 6.07 Å². The Morgan fingerprint density at radius 1 is 1.14 bits per heavy atom. The molecule has 2 rings (SSSR count). The maximum atomic E-state index is 12.4. The van der Waals surface area contributed by atoms with E-state index in [0.717, 1.165) is 21.3 Å². The highest BCUT2D eigenvalue weighted by Gasteiger charge is 2.10. The van der Waals surface area contributed by atoms with E-state index in [2.05, 4.69) is 26.0 Å². The quantitative estimate of drug-likeness (QED) is 0.787. The van der Waals surface area contributed by atoms with Gasteiger partial charge in [-0.1, -0.05) is 28.1 Å². The molecule has 0 aliphatic rings. The number of rotatable bonds is 5. The van der Waals surface area contributed by atoms with E-state index in [9.17, 15) is 8.78 Å². The summed E-state index contributed by atoms with van der Waals surface area (Å²) in [7, 11) is 0. The molecule has 0 unspecified atom stereocenters. The molecule has 0 heterocycles. The number of ether oxygens (including phenoxy) is 1. The summed E-state index contributed by atoms with van der Waals surface area (Å²) in [6, 6.07) is 11.1. The molecular weight excluding hydrogens is 340 g/mol. The van der Waals surface area contributed by atoms with Crippen LogP contribution < -0.4 is 10.1 Å². The predicted octanol–water partition coefficient (Wildman–Crippen LogP) is 5.28. The molecule has 2 aromatic rings. The van der Waals surface area contributed by atoms with Crippen molar-refractivity contribution in [1.29, 1.82) is 0 Å². The van der Waals surface area contributed by atoms with Crippen molar-refractivity contribution in [3.8, 4) is 5.75 Å². The summed E-state index contributed by atoms with van der Waals surface area (Å²) in [6.45, 7) is 1.59. The van der Waals surface area contributed by atoms with Crippen LogP contribution in [0.2, 0.25) is 0 Å². The lowest BCUT2D eigenvalue weighted by Gasteiger charge is -2.14. The second-order valence-corrected chi connectivity index (χ2v) is 5.72.